The molecule has 8 heteroatoms. The molecule has 1 aromatic carbocycles. The van der Waals surface area contributed by atoms with Gasteiger partial charge in [0.25, 0.3) is 5.56 Å². The van der Waals surface area contributed by atoms with Crippen molar-refractivity contribution in [2.45, 2.75) is 13.5 Å². The molecule has 4 rings (SSSR count). The molecule has 0 amide bonds. The molecule has 0 aliphatic heterocycles. The van der Waals surface area contributed by atoms with E-state index in [2.05, 4.69) is 15.1 Å². The average molecular weight is 340 g/mol. The van der Waals surface area contributed by atoms with Crippen LogP contribution in [0, 0.1) is 6.92 Å². The van der Waals surface area contributed by atoms with E-state index in [9.17, 15) is 4.79 Å². The van der Waals surface area contributed by atoms with Crippen molar-refractivity contribution in [3.05, 3.63) is 63.8 Å². The second-order valence-electron chi connectivity index (χ2n) is 5.09. The molecule has 0 spiro atoms. The first kappa shape index (κ1) is 14.6. The molecule has 7 nitrogen and oxygen atoms in total. The van der Waals surface area contributed by atoms with Crippen LogP contribution >= 0.6 is 11.3 Å². The number of fused-ring (bicyclic) bond motifs is 1. The molecule has 3 aromatic heterocycles. The van der Waals surface area contributed by atoms with Crippen molar-refractivity contribution in [3.63, 3.8) is 0 Å². The number of nitrogens with zero attached hydrogens (tertiary/aromatic N) is 4. The molecule has 0 atom stereocenters. The van der Waals surface area contributed by atoms with Gasteiger partial charge < -0.3 is 9.26 Å². The summed E-state index contributed by atoms with van der Waals surface area (Å²) < 4.78 is 12.2. The fourth-order valence-electron chi connectivity index (χ4n) is 2.24. The predicted octanol–water partition coefficient (Wildman–Crippen LogP) is 2.69. The van der Waals surface area contributed by atoms with Crippen LogP contribution in [-0.4, -0.2) is 19.5 Å². The fraction of sp³-hybridized carbons (Fsp3) is 0.125. The van der Waals surface area contributed by atoms with Crippen LogP contribution in [0.15, 0.2) is 51.2 Å². The lowest BCUT2D eigenvalue weighted by molar-refractivity contribution is 0.301. The van der Waals surface area contributed by atoms with Gasteiger partial charge in [0.05, 0.1) is 5.69 Å². The quantitative estimate of drug-likeness (QED) is 0.568. The van der Waals surface area contributed by atoms with Gasteiger partial charge in [-0.2, -0.15) is 4.98 Å². The Labute approximate surface area is 140 Å². The summed E-state index contributed by atoms with van der Waals surface area (Å²) in [5.74, 6) is 1.73. The minimum absolute atomic E-state index is 0.109. The van der Waals surface area contributed by atoms with E-state index in [1.165, 1.54) is 21.8 Å². The summed E-state index contributed by atoms with van der Waals surface area (Å²) in [6.45, 7) is 1.97. The Morgan fingerprint density at radius 1 is 1.25 bits per heavy atom. The molecule has 0 N–H and O–H groups in total. The molecular formula is C16H12N4O3S. The smallest absolute Gasteiger partial charge is 0.258 e. The highest BCUT2D eigenvalue weighted by atomic mass is 32.1. The summed E-state index contributed by atoms with van der Waals surface area (Å²) in [4.78, 5) is 21.2. The van der Waals surface area contributed by atoms with Crippen molar-refractivity contribution < 1.29 is 9.26 Å². The summed E-state index contributed by atoms with van der Waals surface area (Å²) in [6.07, 6.45) is 1.71. The van der Waals surface area contributed by atoms with E-state index in [0.29, 0.717) is 28.1 Å². The number of ether oxygens (including phenoxy) is 1. The van der Waals surface area contributed by atoms with Crippen molar-refractivity contribution in [1.29, 1.82) is 0 Å². The Hall–Kier alpha value is -3.00. The maximum Gasteiger partial charge on any atom is 0.258 e. The monoisotopic (exact) mass is 340 g/mol. The van der Waals surface area contributed by atoms with Gasteiger partial charge in [0.15, 0.2) is 4.96 Å². The summed E-state index contributed by atoms with van der Waals surface area (Å²) in [5.41, 5.74) is 1.33. The van der Waals surface area contributed by atoms with E-state index in [1.54, 1.807) is 13.1 Å². The molecule has 0 unspecified atom stereocenters. The molecule has 120 valence electrons. The summed E-state index contributed by atoms with van der Waals surface area (Å²) in [7, 11) is 0. The third-order valence-electron chi connectivity index (χ3n) is 3.38. The van der Waals surface area contributed by atoms with Gasteiger partial charge in [-0.15, -0.1) is 11.3 Å². The van der Waals surface area contributed by atoms with Crippen LogP contribution in [0.1, 0.15) is 11.6 Å². The standard InChI is InChI=1S/C16H12N4O3S/c1-10-17-15(19-23-10)11-2-4-13(5-3-11)22-9-12-8-14(21)20-6-7-24-16(20)18-12/h2-8H,9H2,1H3. The van der Waals surface area contributed by atoms with Gasteiger partial charge in [0.1, 0.15) is 12.4 Å². The minimum Gasteiger partial charge on any atom is -0.487 e. The lowest BCUT2D eigenvalue weighted by atomic mass is 10.2. The molecule has 0 saturated carbocycles. The van der Waals surface area contributed by atoms with Crippen molar-refractivity contribution in [2.75, 3.05) is 0 Å². The van der Waals surface area contributed by atoms with Crippen LogP contribution in [0.3, 0.4) is 0 Å². The number of benzene rings is 1. The maximum absolute atomic E-state index is 11.9. The van der Waals surface area contributed by atoms with Gasteiger partial charge in [0, 0.05) is 30.1 Å². The van der Waals surface area contributed by atoms with E-state index in [-0.39, 0.29) is 12.2 Å². The van der Waals surface area contributed by atoms with Crippen molar-refractivity contribution >= 4 is 16.3 Å². The van der Waals surface area contributed by atoms with E-state index < -0.39 is 0 Å². The molecule has 0 bridgehead atoms. The SMILES string of the molecule is Cc1nc(-c2ccc(OCc3cc(=O)n4ccsc4n3)cc2)no1. The first-order chi connectivity index (χ1) is 11.7. The van der Waals surface area contributed by atoms with E-state index >= 15 is 0 Å². The minimum atomic E-state index is -0.109. The third kappa shape index (κ3) is 2.79. The van der Waals surface area contributed by atoms with Crippen LogP contribution in [-0.2, 0) is 6.61 Å². The second kappa shape index (κ2) is 5.89. The van der Waals surface area contributed by atoms with Crippen LogP contribution in [0.25, 0.3) is 16.3 Å². The van der Waals surface area contributed by atoms with Crippen LogP contribution < -0.4 is 10.3 Å². The number of thiazole rings is 1. The highest BCUT2D eigenvalue weighted by Crippen LogP contribution is 2.20. The van der Waals surface area contributed by atoms with E-state index in [4.69, 9.17) is 9.26 Å². The lowest BCUT2D eigenvalue weighted by Crippen LogP contribution is -2.14. The molecule has 4 aromatic rings. The normalized spacial score (nSPS) is 11.0. The van der Waals surface area contributed by atoms with E-state index in [1.807, 2.05) is 29.6 Å². The number of aromatic nitrogens is 4. The Morgan fingerprint density at radius 3 is 2.83 bits per heavy atom. The zero-order valence-electron chi connectivity index (χ0n) is 12.7. The zero-order chi connectivity index (χ0) is 16.5. The molecule has 24 heavy (non-hydrogen) atoms. The highest BCUT2D eigenvalue weighted by molar-refractivity contribution is 7.15. The van der Waals surface area contributed by atoms with Crippen molar-refractivity contribution in [3.8, 4) is 17.1 Å². The van der Waals surface area contributed by atoms with Crippen molar-refractivity contribution in [2.24, 2.45) is 0 Å². The molecule has 0 fully saturated rings. The summed E-state index contributed by atoms with van der Waals surface area (Å²) in [5, 5.41) is 5.70. The number of rotatable bonds is 4. The van der Waals surface area contributed by atoms with E-state index in [0.717, 1.165) is 5.56 Å². The van der Waals surface area contributed by atoms with Gasteiger partial charge >= 0.3 is 0 Å². The van der Waals surface area contributed by atoms with Gasteiger partial charge in [-0.3, -0.25) is 9.20 Å². The third-order valence-corrected chi connectivity index (χ3v) is 4.14. The molecule has 0 aliphatic rings. The van der Waals surface area contributed by atoms with Crippen LogP contribution in [0.2, 0.25) is 0 Å². The maximum atomic E-state index is 11.9. The Bertz CT molecular complexity index is 1050. The molecule has 3 heterocycles. The first-order valence-corrected chi connectivity index (χ1v) is 8.06. The number of hydrogen-bond acceptors (Lipinski definition) is 7. The average Bonchev–Trinajstić information content (AvgIpc) is 3.22. The lowest BCUT2D eigenvalue weighted by Gasteiger charge is -2.06. The Balaban J connectivity index is 1.49. The van der Waals surface area contributed by atoms with Gasteiger partial charge in [-0.1, -0.05) is 5.16 Å². The zero-order valence-corrected chi connectivity index (χ0v) is 13.5. The first-order valence-electron chi connectivity index (χ1n) is 7.18. The fourth-order valence-corrected chi connectivity index (χ4v) is 2.97. The van der Waals surface area contributed by atoms with Crippen LogP contribution in [0.4, 0.5) is 0 Å². The number of hydrogen-bond donors (Lipinski definition) is 0. The van der Waals surface area contributed by atoms with Crippen molar-refractivity contribution in [1.82, 2.24) is 19.5 Å². The summed E-state index contributed by atoms with van der Waals surface area (Å²) in [6, 6.07) is 8.82. The van der Waals surface area contributed by atoms with Gasteiger partial charge in [-0.25, -0.2) is 4.98 Å². The molecule has 0 radical (unpaired) electrons. The predicted molar refractivity (Wildman–Crippen MR) is 88.1 cm³/mol. The second-order valence-corrected chi connectivity index (χ2v) is 5.96. The van der Waals surface area contributed by atoms with Crippen LogP contribution in [0.5, 0.6) is 5.75 Å². The van der Waals surface area contributed by atoms with Gasteiger partial charge in [0.2, 0.25) is 11.7 Å². The largest absolute Gasteiger partial charge is 0.487 e. The Kier molecular flexibility index (Phi) is 3.58. The Morgan fingerprint density at radius 2 is 2.08 bits per heavy atom. The molecule has 0 saturated heterocycles. The number of aryl methyl sites for hydroxylation is 1. The highest BCUT2D eigenvalue weighted by Gasteiger charge is 2.07. The summed E-state index contributed by atoms with van der Waals surface area (Å²) >= 11 is 1.41. The molecule has 0 aliphatic carbocycles. The topological polar surface area (TPSA) is 82.5 Å². The van der Waals surface area contributed by atoms with Gasteiger partial charge in [-0.05, 0) is 24.3 Å². The molecular weight excluding hydrogens is 328 g/mol.